The molecule has 0 spiro atoms. The van der Waals surface area contributed by atoms with Crippen LogP contribution in [-0.2, 0) is 0 Å². The molecule has 0 unspecified atom stereocenters. The molecule has 0 atom stereocenters. The van der Waals surface area contributed by atoms with E-state index in [4.69, 9.17) is 0 Å². The first-order valence-corrected chi connectivity index (χ1v) is 6.59. The molecular weight excluding hydrogens is 242 g/mol. The molecule has 0 aliphatic carbocycles. The molecule has 2 aromatic heterocycles. The number of amides is 1. The van der Waals surface area contributed by atoms with E-state index in [0.717, 1.165) is 5.01 Å². The van der Waals surface area contributed by atoms with Crippen LogP contribution in [0.2, 0.25) is 0 Å². The fraction of sp³-hybridized carbons (Fsp3) is 0.300. The van der Waals surface area contributed by atoms with E-state index >= 15 is 0 Å². The van der Waals surface area contributed by atoms with Crippen LogP contribution < -0.4 is 5.32 Å². The van der Waals surface area contributed by atoms with Crippen molar-refractivity contribution in [2.75, 3.05) is 5.32 Å². The second kappa shape index (κ2) is 4.71. The topological polar surface area (TPSA) is 54.9 Å². The molecule has 0 aliphatic rings. The zero-order valence-electron chi connectivity index (χ0n) is 8.93. The Morgan fingerprint density at radius 1 is 1.44 bits per heavy atom. The molecule has 0 fully saturated rings. The number of thiazole rings is 2. The van der Waals surface area contributed by atoms with E-state index in [2.05, 4.69) is 29.1 Å². The van der Waals surface area contributed by atoms with Gasteiger partial charge in [-0.3, -0.25) is 10.1 Å². The van der Waals surface area contributed by atoms with Crippen LogP contribution in [0.4, 0.5) is 5.13 Å². The third-order valence-electron chi connectivity index (χ3n) is 1.90. The van der Waals surface area contributed by atoms with Crippen LogP contribution in [0.25, 0.3) is 0 Å². The van der Waals surface area contributed by atoms with Gasteiger partial charge in [-0.05, 0) is 0 Å². The number of anilines is 1. The summed E-state index contributed by atoms with van der Waals surface area (Å²) in [5, 5.41) is 7.87. The van der Waals surface area contributed by atoms with Gasteiger partial charge in [-0.1, -0.05) is 13.8 Å². The number of carbonyl (C=O) groups is 1. The molecule has 84 valence electrons. The SMILES string of the molecule is CC(C)c1nc(C(=O)Nc2nccs2)cs1. The molecule has 1 amide bonds. The average molecular weight is 253 g/mol. The van der Waals surface area contributed by atoms with Crippen molar-refractivity contribution in [1.29, 1.82) is 0 Å². The zero-order valence-corrected chi connectivity index (χ0v) is 10.6. The van der Waals surface area contributed by atoms with Crippen LogP contribution in [-0.4, -0.2) is 15.9 Å². The Kier molecular flexibility index (Phi) is 3.31. The fourth-order valence-electron chi connectivity index (χ4n) is 1.10. The molecule has 4 nitrogen and oxygen atoms in total. The molecule has 0 saturated carbocycles. The van der Waals surface area contributed by atoms with Crippen LogP contribution in [0.3, 0.4) is 0 Å². The smallest absolute Gasteiger partial charge is 0.276 e. The van der Waals surface area contributed by atoms with E-state index < -0.39 is 0 Å². The van der Waals surface area contributed by atoms with E-state index in [-0.39, 0.29) is 5.91 Å². The van der Waals surface area contributed by atoms with Gasteiger partial charge in [-0.15, -0.1) is 22.7 Å². The van der Waals surface area contributed by atoms with Crippen molar-refractivity contribution in [3.63, 3.8) is 0 Å². The number of aromatic nitrogens is 2. The summed E-state index contributed by atoms with van der Waals surface area (Å²) in [6.45, 7) is 4.11. The number of hydrogen-bond acceptors (Lipinski definition) is 5. The minimum absolute atomic E-state index is 0.196. The summed E-state index contributed by atoms with van der Waals surface area (Å²) >= 11 is 2.90. The summed E-state index contributed by atoms with van der Waals surface area (Å²) < 4.78 is 0. The Bertz CT molecular complexity index is 476. The maximum absolute atomic E-state index is 11.7. The summed E-state index contributed by atoms with van der Waals surface area (Å²) in [4.78, 5) is 20.0. The third kappa shape index (κ3) is 2.45. The first-order chi connectivity index (χ1) is 7.66. The van der Waals surface area contributed by atoms with Crippen molar-refractivity contribution in [2.24, 2.45) is 0 Å². The van der Waals surface area contributed by atoms with E-state index in [1.807, 2.05) is 5.38 Å². The molecular formula is C10H11N3OS2. The standard InChI is InChI=1S/C10H11N3OS2/c1-6(2)9-12-7(5-16-9)8(14)13-10-11-3-4-15-10/h3-6H,1-2H3,(H,11,13,14). The van der Waals surface area contributed by atoms with Crippen molar-refractivity contribution < 1.29 is 4.79 Å². The Labute approximate surface area is 101 Å². The number of hydrogen-bond donors (Lipinski definition) is 1. The molecule has 2 heterocycles. The van der Waals surface area contributed by atoms with Gasteiger partial charge in [0.1, 0.15) is 5.69 Å². The predicted molar refractivity (Wildman–Crippen MR) is 66.3 cm³/mol. The Balaban J connectivity index is 2.09. The first kappa shape index (κ1) is 11.2. The highest BCUT2D eigenvalue weighted by atomic mass is 32.1. The van der Waals surface area contributed by atoms with Crippen molar-refractivity contribution in [3.8, 4) is 0 Å². The maximum Gasteiger partial charge on any atom is 0.276 e. The molecule has 0 bridgehead atoms. The molecule has 0 aromatic carbocycles. The molecule has 0 aliphatic heterocycles. The van der Waals surface area contributed by atoms with Crippen molar-refractivity contribution >= 4 is 33.7 Å². The normalized spacial score (nSPS) is 10.7. The fourth-order valence-corrected chi connectivity index (χ4v) is 2.44. The minimum atomic E-state index is -0.196. The molecule has 1 N–H and O–H groups in total. The first-order valence-electron chi connectivity index (χ1n) is 4.83. The second-order valence-corrected chi connectivity index (χ2v) is 5.30. The highest BCUT2D eigenvalue weighted by Gasteiger charge is 2.13. The van der Waals surface area contributed by atoms with Gasteiger partial charge >= 0.3 is 0 Å². The minimum Gasteiger partial charge on any atom is -0.296 e. The molecule has 0 saturated heterocycles. The van der Waals surface area contributed by atoms with Crippen LogP contribution >= 0.6 is 22.7 Å². The van der Waals surface area contributed by atoms with Gasteiger partial charge in [0.25, 0.3) is 5.91 Å². The molecule has 2 aromatic rings. The average Bonchev–Trinajstić information content (AvgIpc) is 2.86. The number of nitrogens with zero attached hydrogens (tertiary/aromatic N) is 2. The second-order valence-electron chi connectivity index (χ2n) is 3.52. The highest BCUT2D eigenvalue weighted by molar-refractivity contribution is 7.13. The molecule has 6 heteroatoms. The van der Waals surface area contributed by atoms with E-state index in [1.165, 1.54) is 22.7 Å². The summed E-state index contributed by atoms with van der Waals surface area (Å²) in [5.74, 6) is 0.157. The lowest BCUT2D eigenvalue weighted by molar-refractivity contribution is 0.102. The van der Waals surface area contributed by atoms with Gasteiger partial charge < -0.3 is 0 Å². The number of nitrogens with one attached hydrogen (secondary N) is 1. The Morgan fingerprint density at radius 2 is 2.25 bits per heavy atom. The molecule has 0 radical (unpaired) electrons. The summed E-state index contributed by atoms with van der Waals surface area (Å²) in [6, 6.07) is 0. The quantitative estimate of drug-likeness (QED) is 0.915. The maximum atomic E-state index is 11.7. The van der Waals surface area contributed by atoms with Crippen molar-refractivity contribution in [2.45, 2.75) is 19.8 Å². The number of rotatable bonds is 3. The van der Waals surface area contributed by atoms with Gasteiger partial charge in [0.2, 0.25) is 0 Å². The van der Waals surface area contributed by atoms with Crippen LogP contribution in [0.15, 0.2) is 17.0 Å². The van der Waals surface area contributed by atoms with Gasteiger partial charge in [0.15, 0.2) is 5.13 Å². The van der Waals surface area contributed by atoms with Crippen molar-refractivity contribution in [3.05, 3.63) is 27.7 Å². The monoisotopic (exact) mass is 253 g/mol. The van der Waals surface area contributed by atoms with Crippen LogP contribution in [0.1, 0.15) is 35.3 Å². The summed E-state index contributed by atoms with van der Waals surface area (Å²) in [6.07, 6.45) is 1.65. The van der Waals surface area contributed by atoms with E-state index in [1.54, 1.807) is 11.6 Å². The van der Waals surface area contributed by atoms with E-state index in [0.29, 0.717) is 16.7 Å². The van der Waals surface area contributed by atoms with Gasteiger partial charge in [-0.2, -0.15) is 0 Å². The third-order valence-corrected chi connectivity index (χ3v) is 3.74. The molecule has 2 rings (SSSR count). The van der Waals surface area contributed by atoms with Crippen molar-refractivity contribution in [1.82, 2.24) is 9.97 Å². The van der Waals surface area contributed by atoms with Gasteiger partial charge in [0, 0.05) is 22.9 Å². The zero-order chi connectivity index (χ0) is 11.5. The van der Waals surface area contributed by atoms with Crippen LogP contribution in [0, 0.1) is 0 Å². The van der Waals surface area contributed by atoms with Gasteiger partial charge in [-0.25, -0.2) is 9.97 Å². The Morgan fingerprint density at radius 3 is 2.81 bits per heavy atom. The largest absolute Gasteiger partial charge is 0.296 e. The Hall–Kier alpha value is -1.27. The number of carbonyl (C=O) groups excluding carboxylic acids is 1. The lowest BCUT2D eigenvalue weighted by atomic mass is 10.2. The van der Waals surface area contributed by atoms with Crippen LogP contribution in [0.5, 0.6) is 0 Å². The summed E-state index contributed by atoms with van der Waals surface area (Å²) in [7, 11) is 0. The lowest BCUT2D eigenvalue weighted by Gasteiger charge is -1.98. The van der Waals surface area contributed by atoms with E-state index in [9.17, 15) is 4.79 Å². The lowest BCUT2D eigenvalue weighted by Crippen LogP contribution is -2.12. The molecule has 16 heavy (non-hydrogen) atoms. The summed E-state index contributed by atoms with van der Waals surface area (Å²) in [5.41, 5.74) is 0.462. The highest BCUT2D eigenvalue weighted by Crippen LogP contribution is 2.20. The van der Waals surface area contributed by atoms with Gasteiger partial charge in [0.05, 0.1) is 5.01 Å². The predicted octanol–water partition coefficient (Wildman–Crippen LogP) is 2.98.